The lowest BCUT2D eigenvalue weighted by Crippen LogP contribution is -2.31. The molecule has 0 radical (unpaired) electrons. The Balaban J connectivity index is 1.77. The van der Waals surface area contributed by atoms with Crippen molar-refractivity contribution in [1.29, 1.82) is 0 Å². The second-order valence-corrected chi connectivity index (χ2v) is 7.63. The third-order valence-corrected chi connectivity index (χ3v) is 5.45. The van der Waals surface area contributed by atoms with Crippen LogP contribution >= 0.6 is 23.2 Å². The third kappa shape index (κ3) is 3.46. The van der Waals surface area contributed by atoms with E-state index in [9.17, 15) is 4.79 Å². The van der Waals surface area contributed by atoms with E-state index in [4.69, 9.17) is 28.3 Å². The second-order valence-electron chi connectivity index (χ2n) is 6.79. The molecule has 0 unspecified atom stereocenters. The van der Waals surface area contributed by atoms with Crippen molar-refractivity contribution in [1.82, 2.24) is 14.7 Å². The first kappa shape index (κ1) is 18.0. The Morgan fingerprint density at radius 2 is 2.04 bits per heavy atom. The van der Waals surface area contributed by atoms with E-state index >= 15 is 0 Å². The highest BCUT2D eigenvalue weighted by atomic mass is 35.5. The van der Waals surface area contributed by atoms with Crippen LogP contribution in [-0.2, 0) is 6.54 Å². The maximum absolute atomic E-state index is 11.1. The second kappa shape index (κ2) is 7.00. The summed E-state index contributed by atoms with van der Waals surface area (Å²) in [4.78, 5) is 13.3. The molecule has 0 aliphatic carbocycles. The molecule has 0 spiro atoms. The fraction of sp³-hybridized carbons (Fsp3) is 0.200. The Morgan fingerprint density at radius 3 is 2.78 bits per heavy atom. The van der Waals surface area contributed by atoms with Crippen LogP contribution in [0.2, 0.25) is 10.0 Å². The molecule has 1 aromatic heterocycles. The first-order valence-corrected chi connectivity index (χ1v) is 9.22. The van der Waals surface area contributed by atoms with Crippen molar-refractivity contribution in [2.75, 3.05) is 13.6 Å². The number of halogens is 2. The maximum Gasteiger partial charge on any atom is 0.432 e. The molecule has 1 N–H and O–H groups in total. The third-order valence-electron chi connectivity index (χ3n) is 4.89. The monoisotopic (exact) mass is 401 g/mol. The molecule has 4 rings (SSSR count). The minimum Gasteiger partial charge on any atom is -0.463 e. The molecule has 0 saturated heterocycles. The van der Waals surface area contributed by atoms with Crippen LogP contribution < -0.4 is 0 Å². The minimum atomic E-state index is -1.11. The predicted octanol–water partition coefficient (Wildman–Crippen LogP) is 4.96. The highest BCUT2D eigenvalue weighted by Gasteiger charge is 2.27. The van der Waals surface area contributed by atoms with Gasteiger partial charge in [0.25, 0.3) is 0 Å². The van der Waals surface area contributed by atoms with Gasteiger partial charge in [0, 0.05) is 40.8 Å². The van der Waals surface area contributed by atoms with E-state index in [1.807, 2.05) is 18.2 Å². The van der Waals surface area contributed by atoms with Crippen molar-refractivity contribution in [2.45, 2.75) is 12.5 Å². The highest BCUT2D eigenvalue weighted by molar-refractivity contribution is 6.35. The van der Waals surface area contributed by atoms with Gasteiger partial charge >= 0.3 is 6.09 Å². The zero-order valence-electron chi connectivity index (χ0n) is 14.6. The lowest BCUT2D eigenvalue weighted by molar-refractivity contribution is 0.192. The van der Waals surface area contributed by atoms with E-state index in [-0.39, 0.29) is 5.92 Å². The van der Waals surface area contributed by atoms with Crippen LogP contribution in [0, 0.1) is 0 Å². The number of benzene rings is 2. The molecule has 0 bridgehead atoms. The number of rotatable bonds is 2. The number of likely N-dealkylation sites (N-methyl/N-ethyl adjacent to an activating group) is 1. The molecular formula is C20H17Cl2N3O2. The number of hydrogen-bond donors (Lipinski definition) is 1. The standard InChI is InChI=1S/C20H17Cl2N3O2/c1-24-10-17(16-6-15(21)7-19(22)18(16)11-24)13-4-2-3-12(5-13)14-8-23-25(9-14)20(26)27/h2-9,17H,10-11H2,1H3,(H,26,27)/t17-/m0/s1. The van der Waals surface area contributed by atoms with Crippen molar-refractivity contribution in [3.63, 3.8) is 0 Å². The Hall–Kier alpha value is -2.34. The minimum absolute atomic E-state index is 0.129. The van der Waals surface area contributed by atoms with Gasteiger partial charge in [0.2, 0.25) is 0 Å². The summed E-state index contributed by atoms with van der Waals surface area (Å²) in [5.74, 6) is 0.129. The smallest absolute Gasteiger partial charge is 0.432 e. The lowest BCUT2D eigenvalue weighted by Gasteiger charge is -2.33. The van der Waals surface area contributed by atoms with Crippen molar-refractivity contribution in [2.24, 2.45) is 0 Å². The summed E-state index contributed by atoms with van der Waals surface area (Å²) in [6.07, 6.45) is 1.96. The number of hydrogen-bond acceptors (Lipinski definition) is 3. The predicted molar refractivity (Wildman–Crippen MR) is 106 cm³/mol. The highest BCUT2D eigenvalue weighted by Crippen LogP contribution is 2.39. The summed E-state index contributed by atoms with van der Waals surface area (Å²) >= 11 is 12.7. The van der Waals surface area contributed by atoms with E-state index < -0.39 is 6.09 Å². The molecule has 138 valence electrons. The lowest BCUT2D eigenvalue weighted by atomic mass is 9.84. The van der Waals surface area contributed by atoms with Gasteiger partial charge in [0.05, 0.1) is 6.20 Å². The molecule has 2 aromatic carbocycles. The fourth-order valence-corrected chi connectivity index (χ4v) is 4.21. The van der Waals surface area contributed by atoms with E-state index in [2.05, 4.69) is 29.2 Å². The number of aromatic nitrogens is 2. The molecule has 3 aromatic rings. The molecular weight excluding hydrogens is 385 g/mol. The van der Waals surface area contributed by atoms with Gasteiger partial charge in [-0.2, -0.15) is 9.78 Å². The first-order valence-electron chi connectivity index (χ1n) is 8.47. The molecule has 1 atom stereocenters. The molecule has 5 nitrogen and oxygen atoms in total. The normalized spacial score (nSPS) is 16.9. The van der Waals surface area contributed by atoms with Gasteiger partial charge in [0.1, 0.15) is 0 Å². The average Bonchev–Trinajstić information content (AvgIpc) is 3.12. The van der Waals surface area contributed by atoms with Crippen LogP contribution in [0.25, 0.3) is 11.1 Å². The van der Waals surface area contributed by atoms with Crippen LogP contribution in [0.3, 0.4) is 0 Å². The van der Waals surface area contributed by atoms with Gasteiger partial charge in [0.15, 0.2) is 0 Å². The molecule has 1 aliphatic rings. The van der Waals surface area contributed by atoms with Gasteiger partial charge in [-0.15, -0.1) is 0 Å². The van der Waals surface area contributed by atoms with Crippen LogP contribution in [0.15, 0.2) is 48.8 Å². The molecule has 0 saturated carbocycles. The van der Waals surface area contributed by atoms with Crippen LogP contribution in [0.1, 0.15) is 22.6 Å². The molecule has 7 heteroatoms. The Kier molecular flexibility index (Phi) is 4.68. The van der Waals surface area contributed by atoms with Crippen molar-refractivity contribution in [3.8, 4) is 11.1 Å². The Labute approximate surface area is 166 Å². The van der Waals surface area contributed by atoms with Crippen molar-refractivity contribution < 1.29 is 9.90 Å². The van der Waals surface area contributed by atoms with Gasteiger partial charge in [-0.05, 0) is 41.4 Å². The van der Waals surface area contributed by atoms with Gasteiger partial charge in [-0.25, -0.2) is 4.79 Å². The van der Waals surface area contributed by atoms with Crippen molar-refractivity contribution in [3.05, 3.63) is 75.5 Å². The fourth-order valence-electron chi connectivity index (χ4n) is 3.64. The Morgan fingerprint density at radius 1 is 1.22 bits per heavy atom. The van der Waals surface area contributed by atoms with E-state index in [0.29, 0.717) is 10.0 Å². The van der Waals surface area contributed by atoms with Gasteiger partial charge < -0.3 is 10.0 Å². The zero-order valence-corrected chi connectivity index (χ0v) is 16.1. The van der Waals surface area contributed by atoms with E-state index in [1.165, 1.54) is 6.20 Å². The summed E-state index contributed by atoms with van der Waals surface area (Å²) in [5, 5.41) is 14.3. The maximum atomic E-state index is 11.1. The van der Waals surface area contributed by atoms with Crippen LogP contribution in [-0.4, -0.2) is 39.5 Å². The number of carbonyl (C=O) groups is 1. The zero-order chi connectivity index (χ0) is 19.1. The van der Waals surface area contributed by atoms with Crippen molar-refractivity contribution >= 4 is 29.3 Å². The van der Waals surface area contributed by atoms with Gasteiger partial charge in [-0.3, -0.25) is 0 Å². The molecule has 0 amide bonds. The number of nitrogens with zero attached hydrogens (tertiary/aromatic N) is 3. The first-order chi connectivity index (χ1) is 12.9. The molecule has 2 heterocycles. The summed E-state index contributed by atoms with van der Waals surface area (Å²) in [5.41, 5.74) is 5.05. The average molecular weight is 402 g/mol. The Bertz CT molecular complexity index is 1030. The molecule has 27 heavy (non-hydrogen) atoms. The van der Waals surface area contributed by atoms with Gasteiger partial charge in [-0.1, -0.05) is 47.5 Å². The van der Waals surface area contributed by atoms with E-state index in [1.54, 1.807) is 12.3 Å². The van der Waals surface area contributed by atoms with Crippen LogP contribution in [0.4, 0.5) is 4.79 Å². The topological polar surface area (TPSA) is 58.4 Å². The number of carboxylic acid groups (broad SMARTS) is 1. The number of fused-ring (bicyclic) bond motifs is 1. The summed E-state index contributed by atoms with van der Waals surface area (Å²) < 4.78 is 0.908. The SMILES string of the molecule is CN1Cc2c(Cl)cc(Cl)cc2[C@H](c2cccc(-c3cnn(C(=O)O)c3)c2)C1. The van der Waals surface area contributed by atoms with E-state index in [0.717, 1.165) is 45.6 Å². The summed E-state index contributed by atoms with van der Waals surface area (Å²) in [6, 6.07) is 11.9. The van der Waals surface area contributed by atoms with Crippen LogP contribution in [0.5, 0.6) is 0 Å². The quantitative estimate of drug-likeness (QED) is 0.658. The summed E-state index contributed by atoms with van der Waals surface area (Å²) in [6.45, 7) is 1.63. The summed E-state index contributed by atoms with van der Waals surface area (Å²) in [7, 11) is 2.07. The molecule has 1 aliphatic heterocycles. The largest absolute Gasteiger partial charge is 0.463 e. The molecule has 0 fully saturated rings.